The van der Waals surface area contributed by atoms with Crippen molar-refractivity contribution >= 4 is 32.5 Å². The zero-order valence-corrected chi connectivity index (χ0v) is 10.4. The van der Waals surface area contributed by atoms with Gasteiger partial charge in [-0.15, -0.1) is 0 Å². The zero-order chi connectivity index (χ0) is 12.4. The summed E-state index contributed by atoms with van der Waals surface area (Å²) in [5.74, 6) is 0. The highest BCUT2D eigenvalue weighted by atomic mass is 79.9. The molecule has 2 rings (SSSR count). The number of halogens is 1. The number of fused-ring (bicyclic) bond motifs is 1. The Kier molecular flexibility index (Phi) is 3.23. The molecule has 88 valence electrons. The summed E-state index contributed by atoms with van der Waals surface area (Å²) >= 11 is 3.30. The van der Waals surface area contributed by atoms with Gasteiger partial charge in [0.15, 0.2) is 0 Å². The van der Waals surface area contributed by atoms with Crippen LogP contribution in [0.1, 0.15) is 5.56 Å². The van der Waals surface area contributed by atoms with Gasteiger partial charge in [-0.3, -0.25) is 14.9 Å². The van der Waals surface area contributed by atoms with E-state index in [0.29, 0.717) is 17.3 Å². The van der Waals surface area contributed by atoms with Crippen molar-refractivity contribution in [3.63, 3.8) is 0 Å². The molecule has 1 N–H and O–H groups in total. The van der Waals surface area contributed by atoms with Gasteiger partial charge in [0.1, 0.15) is 0 Å². The molecule has 1 aromatic carbocycles. The second-order valence-electron chi connectivity index (χ2n) is 3.58. The van der Waals surface area contributed by atoms with E-state index in [4.69, 9.17) is 0 Å². The summed E-state index contributed by atoms with van der Waals surface area (Å²) in [6.45, 7) is 0. The van der Waals surface area contributed by atoms with E-state index in [1.807, 2.05) is 0 Å². The molecule has 0 saturated heterocycles. The minimum Gasteiger partial charge on any atom is -0.322 e. The number of aryl methyl sites for hydroxylation is 1. The maximum Gasteiger partial charge on any atom is 0.270 e. The minimum absolute atomic E-state index is 0.0281. The smallest absolute Gasteiger partial charge is 0.270 e. The maximum absolute atomic E-state index is 11.4. The van der Waals surface area contributed by atoms with Crippen LogP contribution in [0.2, 0.25) is 0 Å². The first-order valence-corrected chi connectivity index (χ1v) is 6.10. The number of pyridine rings is 1. The van der Waals surface area contributed by atoms with Crippen molar-refractivity contribution in [3.05, 3.63) is 50.3 Å². The van der Waals surface area contributed by atoms with Crippen molar-refractivity contribution in [1.29, 1.82) is 0 Å². The Morgan fingerprint density at radius 2 is 2.12 bits per heavy atom. The van der Waals surface area contributed by atoms with Crippen LogP contribution < -0.4 is 5.56 Å². The molecule has 0 aliphatic heterocycles. The van der Waals surface area contributed by atoms with Crippen molar-refractivity contribution in [2.45, 2.75) is 6.42 Å². The summed E-state index contributed by atoms with van der Waals surface area (Å²) in [5, 5.41) is 12.1. The van der Waals surface area contributed by atoms with Crippen molar-refractivity contribution in [1.82, 2.24) is 4.98 Å². The lowest BCUT2D eigenvalue weighted by Crippen LogP contribution is -2.07. The Bertz CT molecular complexity index is 636. The SMILES string of the molecule is O=c1cc(CCBr)c2cc([N+](=O)[O-])ccc2[nH]1. The number of alkyl halides is 1. The summed E-state index contributed by atoms with van der Waals surface area (Å²) in [6, 6.07) is 5.92. The highest BCUT2D eigenvalue weighted by molar-refractivity contribution is 9.09. The van der Waals surface area contributed by atoms with E-state index in [0.717, 1.165) is 10.9 Å². The first kappa shape index (κ1) is 11.8. The Morgan fingerprint density at radius 3 is 2.76 bits per heavy atom. The topological polar surface area (TPSA) is 76.0 Å². The van der Waals surface area contributed by atoms with Gasteiger partial charge in [-0.05, 0) is 18.1 Å². The first-order valence-electron chi connectivity index (χ1n) is 4.98. The maximum atomic E-state index is 11.4. The van der Waals surface area contributed by atoms with Crippen LogP contribution in [-0.4, -0.2) is 15.2 Å². The third kappa shape index (κ3) is 2.36. The lowest BCUT2D eigenvalue weighted by molar-refractivity contribution is -0.384. The molecule has 0 aliphatic rings. The molecule has 0 bridgehead atoms. The summed E-state index contributed by atoms with van der Waals surface area (Å²) in [4.78, 5) is 24.3. The fraction of sp³-hybridized carbons (Fsp3) is 0.182. The zero-order valence-electron chi connectivity index (χ0n) is 8.77. The van der Waals surface area contributed by atoms with Gasteiger partial charge >= 0.3 is 0 Å². The average molecular weight is 297 g/mol. The molecule has 5 nitrogen and oxygen atoms in total. The summed E-state index contributed by atoms with van der Waals surface area (Å²) in [7, 11) is 0. The standard InChI is InChI=1S/C11H9BrN2O3/c12-4-3-7-5-11(15)13-10-2-1-8(14(16)17)6-9(7)10/h1-2,5-6H,3-4H2,(H,13,15). The molecular weight excluding hydrogens is 288 g/mol. The third-order valence-electron chi connectivity index (χ3n) is 2.49. The first-order chi connectivity index (χ1) is 8.11. The number of hydrogen-bond donors (Lipinski definition) is 1. The minimum atomic E-state index is -0.442. The van der Waals surface area contributed by atoms with Gasteiger partial charge in [-0.1, -0.05) is 15.9 Å². The Labute approximate surface area is 105 Å². The van der Waals surface area contributed by atoms with Crippen molar-refractivity contribution in [2.75, 3.05) is 5.33 Å². The quantitative estimate of drug-likeness (QED) is 0.537. The molecule has 0 saturated carbocycles. The number of nitrogens with one attached hydrogen (secondary N) is 1. The Morgan fingerprint density at radius 1 is 1.35 bits per heavy atom. The number of H-pyrrole nitrogens is 1. The largest absolute Gasteiger partial charge is 0.322 e. The third-order valence-corrected chi connectivity index (χ3v) is 2.88. The molecular formula is C11H9BrN2O3. The molecule has 6 heteroatoms. The Hall–Kier alpha value is -1.69. The van der Waals surface area contributed by atoms with Crippen LogP contribution in [0.15, 0.2) is 29.1 Å². The second-order valence-corrected chi connectivity index (χ2v) is 4.38. The normalized spacial score (nSPS) is 10.6. The number of nitro groups is 1. The van der Waals surface area contributed by atoms with Crippen LogP contribution >= 0.6 is 15.9 Å². The number of rotatable bonds is 3. The number of aromatic nitrogens is 1. The van der Waals surface area contributed by atoms with Gasteiger partial charge < -0.3 is 4.98 Å². The van der Waals surface area contributed by atoms with Crippen LogP contribution in [-0.2, 0) is 6.42 Å². The van der Waals surface area contributed by atoms with E-state index < -0.39 is 4.92 Å². The van der Waals surface area contributed by atoms with E-state index in [2.05, 4.69) is 20.9 Å². The molecule has 0 atom stereocenters. The monoisotopic (exact) mass is 296 g/mol. The average Bonchev–Trinajstić information content (AvgIpc) is 2.28. The molecule has 1 aromatic heterocycles. The molecule has 0 aliphatic carbocycles. The number of nitrogens with zero attached hydrogens (tertiary/aromatic N) is 1. The van der Waals surface area contributed by atoms with Crippen LogP contribution in [0.5, 0.6) is 0 Å². The van der Waals surface area contributed by atoms with Crippen LogP contribution in [0.3, 0.4) is 0 Å². The van der Waals surface area contributed by atoms with Gasteiger partial charge in [-0.2, -0.15) is 0 Å². The predicted molar refractivity (Wildman–Crippen MR) is 68.7 cm³/mol. The molecule has 1 heterocycles. The van der Waals surface area contributed by atoms with E-state index in [9.17, 15) is 14.9 Å². The van der Waals surface area contributed by atoms with Crippen molar-refractivity contribution in [2.24, 2.45) is 0 Å². The van der Waals surface area contributed by atoms with Gasteiger partial charge in [0.25, 0.3) is 5.69 Å². The van der Waals surface area contributed by atoms with Crippen LogP contribution in [0.4, 0.5) is 5.69 Å². The predicted octanol–water partition coefficient (Wildman–Crippen LogP) is 2.37. The van der Waals surface area contributed by atoms with Gasteiger partial charge in [0.05, 0.1) is 4.92 Å². The highest BCUT2D eigenvalue weighted by Gasteiger charge is 2.09. The lowest BCUT2D eigenvalue weighted by Gasteiger charge is -2.04. The van der Waals surface area contributed by atoms with E-state index in [-0.39, 0.29) is 11.2 Å². The Balaban J connectivity index is 2.73. The number of hydrogen-bond acceptors (Lipinski definition) is 3. The van der Waals surface area contributed by atoms with Crippen LogP contribution in [0, 0.1) is 10.1 Å². The van der Waals surface area contributed by atoms with Crippen molar-refractivity contribution < 1.29 is 4.92 Å². The fourth-order valence-electron chi connectivity index (χ4n) is 1.73. The van der Waals surface area contributed by atoms with Gasteiger partial charge in [-0.25, -0.2) is 0 Å². The summed E-state index contributed by atoms with van der Waals surface area (Å²) < 4.78 is 0. The van der Waals surface area contributed by atoms with E-state index in [1.165, 1.54) is 18.2 Å². The number of nitro benzene ring substituents is 1. The summed E-state index contributed by atoms with van der Waals surface area (Å²) in [5.41, 5.74) is 1.27. The number of aromatic amines is 1. The lowest BCUT2D eigenvalue weighted by atomic mass is 10.1. The second kappa shape index (κ2) is 4.67. The number of benzene rings is 1. The molecule has 2 aromatic rings. The van der Waals surface area contributed by atoms with Crippen molar-refractivity contribution in [3.8, 4) is 0 Å². The summed E-state index contributed by atoms with van der Waals surface area (Å²) in [6.07, 6.45) is 0.654. The molecule has 17 heavy (non-hydrogen) atoms. The highest BCUT2D eigenvalue weighted by Crippen LogP contribution is 2.22. The fourth-order valence-corrected chi connectivity index (χ4v) is 2.16. The van der Waals surface area contributed by atoms with Gasteiger partial charge in [0.2, 0.25) is 5.56 Å². The van der Waals surface area contributed by atoms with E-state index in [1.54, 1.807) is 6.07 Å². The van der Waals surface area contributed by atoms with Gasteiger partial charge in [0, 0.05) is 34.4 Å². The molecule has 0 fully saturated rings. The van der Waals surface area contributed by atoms with Crippen LogP contribution in [0.25, 0.3) is 10.9 Å². The van der Waals surface area contributed by atoms with E-state index >= 15 is 0 Å². The molecule has 0 unspecified atom stereocenters. The number of non-ortho nitro benzene ring substituents is 1. The molecule has 0 radical (unpaired) electrons. The molecule has 0 spiro atoms. The molecule has 0 amide bonds.